The molecule has 1 fully saturated rings. The maximum Gasteiger partial charge on any atom is 0.0897 e. The fourth-order valence-electron chi connectivity index (χ4n) is 1.18. The quantitative estimate of drug-likeness (QED) is 0.640. The van der Waals surface area contributed by atoms with Gasteiger partial charge in [0.2, 0.25) is 0 Å². The van der Waals surface area contributed by atoms with Gasteiger partial charge in [-0.15, -0.1) is 12.4 Å². The molecule has 0 saturated heterocycles. The third-order valence-corrected chi connectivity index (χ3v) is 1.79. The SMILES string of the molecule is Cl.NC1CC(CCF)C1. The highest BCUT2D eigenvalue weighted by atomic mass is 35.5. The van der Waals surface area contributed by atoms with Crippen molar-refractivity contribution in [2.24, 2.45) is 11.7 Å². The maximum atomic E-state index is 11.6. The lowest BCUT2D eigenvalue weighted by Gasteiger charge is -2.31. The van der Waals surface area contributed by atoms with Gasteiger partial charge in [0, 0.05) is 6.04 Å². The van der Waals surface area contributed by atoms with Gasteiger partial charge in [0.05, 0.1) is 6.67 Å². The van der Waals surface area contributed by atoms with E-state index in [1.54, 1.807) is 0 Å². The molecule has 2 N–H and O–H groups in total. The molecule has 0 heterocycles. The summed E-state index contributed by atoms with van der Waals surface area (Å²) in [6.45, 7) is -0.169. The molecule has 56 valence electrons. The lowest BCUT2D eigenvalue weighted by atomic mass is 9.79. The summed E-state index contributed by atoms with van der Waals surface area (Å²) in [6.07, 6.45) is 2.82. The van der Waals surface area contributed by atoms with Crippen LogP contribution in [0, 0.1) is 5.92 Å². The zero-order chi connectivity index (χ0) is 5.98. The minimum absolute atomic E-state index is 0. The summed E-state index contributed by atoms with van der Waals surface area (Å²) in [5.74, 6) is 0.606. The molecule has 0 aromatic carbocycles. The van der Waals surface area contributed by atoms with Crippen LogP contribution >= 0.6 is 12.4 Å². The molecule has 0 spiro atoms. The summed E-state index contributed by atoms with van der Waals surface area (Å²) in [7, 11) is 0. The largest absolute Gasteiger partial charge is 0.328 e. The van der Waals surface area contributed by atoms with Gasteiger partial charge in [-0.2, -0.15) is 0 Å². The Morgan fingerprint density at radius 1 is 1.44 bits per heavy atom. The summed E-state index contributed by atoms with van der Waals surface area (Å²) in [4.78, 5) is 0. The van der Waals surface area contributed by atoms with Crippen LogP contribution in [0.15, 0.2) is 0 Å². The van der Waals surface area contributed by atoms with Gasteiger partial charge in [-0.1, -0.05) is 0 Å². The summed E-state index contributed by atoms with van der Waals surface area (Å²) in [6, 6.07) is 0.381. The highest BCUT2D eigenvalue weighted by Crippen LogP contribution is 2.28. The molecule has 0 unspecified atom stereocenters. The topological polar surface area (TPSA) is 26.0 Å². The Morgan fingerprint density at radius 2 is 2.00 bits per heavy atom. The first-order valence-corrected chi connectivity index (χ1v) is 3.14. The van der Waals surface area contributed by atoms with E-state index in [4.69, 9.17) is 5.73 Å². The van der Waals surface area contributed by atoms with Gasteiger partial charge in [0.15, 0.2) is 0 Å². The van der Waals surface area contributed by atoms with Gasteiger partial charge in [0.25, 0.3) is 0 Å². The summed E-state index contributed by atoms with van der Waals surface area (Å²) >= 11 is 0. The first kappa shape index (κ1) is 9.18. The molecule has 3 heteroatoms. The fourth-order valence-corrected chi connectivity index (χ4v) is 1.18. The molecule has 0 aliphatic heterocycles. The van der Waals surface area contributed by atoms with E-state index in [-0.39, 0.29) is 19.1 Å². The van der Waals surface area contributed by atoms with Crippen LogP contribution in [0.4, 0.5) is 4.39 Å². The number of hydrogen-bond acceptors (Lipinski definition) is 1. The second kappa shape index (κ2) is 4.07. The normalized spacial score (nSPS) is 32.7. The minimum atomic E-state index is -0.169. The van der Waals surface area contributed by atoms with Crippen LogP contribution in [-0.2, 0) is 0 Å². The standard InChI is InChI=1S/C6H12FN.ClH/c7-2-1-5-3-6(8)4-5;/h5-6H,1-4,8H2;1H. The van der Waals surface area contributed by atoms with Crippen LogP contribution < -0.4 is 5.73 Å². The maximum absolute atomic E-state index is 11.6. The summed E-state index contributed by atoms with van der Waals surface area (Å²) in [5, 5.41) is 0. The van der Waals surface area contributed by atoms with E-state index in [1.165, 1.54) is 0 Å². The van der Waals surface area contributed by atoms with Crippen molar-refractivity contribution in [1.82, 2.24) is 0 Å². The van der Waals surface area contributed by atoms with Crippen LogP contribution in [0.1, 0.15) is 19.3 Å². The molecule has 1 nitrogen and oxygen atoms in total. The second-order valence-corrected chi connectivity index (χ2v) is 2.58. The first-order chi connectivity index (χ1) is 3.83. The van der Waals surface area contributed by atoms with Crippen molar-refractivity contribution in [2.75, 3.05) is 6.67 Å². The van der Waals surface area contributed by atoms with Crippen molar-refractivity contribution < 1.29 is 4.39 Å². The van der Waals surface area contributed by atoms with E-state index in [0.717, 1.165) is 19.3 Å². The van der Waals surface area contributed by atoms with Crippen LogP contribution in [0.5, 0.6) is 0 Å². The Kier molecular flexibility index (Phi) is 4.15. The summed E-state index contributed by atoms with van der Waals surface area (Å²) < 4.78 is 11.6. The third kappa shape index (κ3) is 2.50. The van der Waals surface area contributed by atoms with E-state index in [0.29, 0.717) is 12.0 Å². The molecule has 0 aromatic heterocycles. The molecule has 1 aliphatic carbocycles. The molecule has 1 rings (SSSR count). The van der Waals surface area contributed by atoms with E-state index in [1.807, 2.05) is 0 Å². The molecule has 0 bridgehead atoms. The van der Waals surface area contributed by atoms with Crippen molar-refractivity contribution in [3.05, 3.63) is 0 Å². The van der Waals surface area contributed by atoms with E-state index >= 15 is 0 Å². The number of halogens is 2. The average Bonchev–Trinajstić information content (AvgIpc) is 1.64. The van der Waals surface area contributed by atoms with E-state index in [9.17, 15) is 4.39 Å². The monoisotopic (exact) mass is 153 g/mol. The molecule has 0 atom stereocenters. The Hall–Kier alpha value is 0.180. The lowest BCUT2D eigenvalue weighted by Crippen LogP contribution is -2.36. The van der Waals surface area contributed by atoms with Crippen LogP contribution in [-0.4, -0.2) is 12.7 Å². The van der Waals surface area contributed by atoms with E-state index in [2.05, 4.69) is 0 Å². The van der Waals surface area contributed by atoms with E-state index < -0.39 is 0 Å². The Balaban J connectivity index is 0.000000640. The predicted octanol–water partition coefficient (Wildman–Crippen LogP) is 1.51. The number of alkyl halides is 1. The van der Waals surface area contributed by atoms with Crippen molar-refractivity contribution in [2.45, 2.75) is 25.3 Å². The predicted molar refractivity (Wildman–Crippen MR) is 38.5 cm³/mol. The highest BCUT2D eigenvalue weighted by molar-refractivity contribution is 5.85. The molecule has 1 aliphatic rings. The van der Waals surface area contributed by atoms with Crippen LogP contribution in [0.3, 0.4) is 0 Å². The van der Waals surface area contributed by atoms with Crippen molar-refractivity contribution in [1.29, 1.82) is 0 Å². The minimum Gasteiger partial charge on any atom is -0.328 e. The molecule has 0 radical (unpaired) electrons. The zero-order valence-corrected chi connectivity index (χ0v) is 6.16. The Morgan fingerprint density at radius 3 is 2.33 bits per heavy atom. The number of hydrogen-bond donors (Lipinski definition) is 1. The average molecular weight is 154 g/mol. The molecule has 1 saturated carbocycles. The van der Waals surface area contributed by atoms with Gasteiger partial charge < -0.3 is 5.73 Å². The molecular weight excluding hydrogens is 141 g/mol. The Bertz CT molecular complexity index is 70.7. The van der Waals surface area contributed by atoms with Crippen molar-refractivity contribution >= 4 is 12.4 Å². The van der Waals surface area contributed by atoms with Gasteiger partial charge in [0.1, 0.15) is 0 Å². The van der Waals surface area contributed by atoms with Crippen molar-refractivity contribution in [3.63, 3.8) is 0 Å². The number of rotatable bonds is 2. The van der Waals surface area contributed by atoms with Crippen LogP contribution in [0.25, 0.3) is 0 Å². The fraction of sp³-hybridized carbons (Fsp3) is 1.00. The Labute approximate surface area is 61.2 Å². The third-order valence-electron chi connectivity index (χ3n) is 1.79. The van der Waals surface area contributed by atoms with Crippen LogP contribution in [0.2, 0.25) is 0 Å². The first-order valence-electron chi connectivity index (χ1n) is 3.14. The van der Waals surface area contributed by atoms with Crippen molar-refractivity contribution in [3.8, 4) is 0 Å². The molecule has 0 aromatic rings. The zero-order valence-electron chi connectivity index (χ0n) is 5.35. The molecule has 9 heavy (non-hydrogen) atoms. The van der Waals surface area contributed by atoms with Gasteiger partial charge >= 0.3 is 0 Å². The van der Waals surface area contributed by atoms with Gasteiger partial charge in [-0.05, 0) is 25.2 Å². The highest BCUT2D eigenvalue weighted by Gasteiger charge is 2.24. The molecular formula is C6H13ClFN. The lowest BCUT2D eigenvalue weighted by molar-refractivity contribution is 0.229. The second-order valence-electron chi connectivity index (χ2n) is 2.58. The summed E-state index contributed by atoms with van der Waals surface area (Å²) in [5.41, 5.74) is 5.48. The number of nitrogens with two attached hydrogens (primary N) is 1. The van der Waals surface area contributed by atoms with Gasteiger partial charge in [-0.25, -0.2) is 0 Å². The molecule has 0 amide bonds. The van der Waals surface area contributed by atoms with Gasteiger partial charge in [-0.3, -0.25) is 4.39 Å². The smallest absolute Gasteiger partial charge is 0.0897 e.